The Balaban J connectivity index is 2.26. The predicted molar refractivity (Wildman–Crippen MR) is 198 cm³/mol. The highest BCUT2D eigenvalue weighted by molar-refractivity contribution is 5.96. The Kier molecular flexibility index (Phi) is 18.5. The monoisotopic (exact) mass is 746 g/mol. The first kappa shape index (κ1) is 44.2. The van der Waals surface area contributed by atoms with Gasteiger partial charge in [-0.25, -0.2) is 0 Å². The molecule has 1 aliphatic rings. The van der Waals surface area contributed by atoms with Gasteiger partial charge in [0, 0.05) is 13.1 Å². The second-order valence-corrected chi connectivity index (χ2v) is 13.5. The van der Waals surface area contributed by atoms with Crippen LogP contribution in [0.1, 0.15) is 77.7 Å². The van der Waals surface area contributed by atoms with E-state index in [4.69, 9.17) is 22.9 Å². The van der Waals surface area contributed by atoms with Crippen molar-refractivity contribution < 1.29 is 39.0 Å². The van der Waals surface area contributed by atoms with Crippen LogP contribution in [0.4, 0.5) is 0 Å². The predicted octanol–water partition coefficient (Wildman–Crippen LogP) is -1.47. The maximum atomic E-state index is 13.9. The zero-order valence-electron chi connectivity index (χ0n) is 30.9. The van der Waals surface area contributed by atoms with Gasteiger partial charge in [0.25, 0.3) is 0 Å². The van der Waals surface area contributed by atoms with Crippen LogP contribution in [0.2, 0.25) is 0 Å². The van der Waals surface area contributed by atoms with Crippen LogP contribution in [-0.4, -0.2) is 112 Å². The van der Waals surface area contributed by atoms with Gasteiger partial charge in [-0.1, -0.05) is 32.4 Å². The first-order chi connectivity index (χ1) is 25.1. The number of rotatable bonds is 22. The molecule has 0 radical (unpaired) electrons. The Labute approximate surface area is 310 Å². The minimum absolute atomic E-state index is 0.0576. The fourth-order valence-electron chi connectivity index (χ4n) is 5.88. The average Bonchev–Trinajstić information content (AvgIpc) is 3.61. The van der Waals surface area contributed by atoms with E-state index < -0.39 is 77.7 Å². The van der Waals surface area contributed by atoms with Crippen molar-refractivity contribution in [1.82, 2.24) is 26.2 Å². The van der Waals surface area contributed by atoms with Gasteiger partial charge < -0.3 is 59.3 Å². The van der Waals surface area contributed by atoms with E-state index in [-0.39, 0.29) is 43.9 Å². The number of phenolic OH excluding ortho intramolecular Hbond substituents is 1. The van der Waals surface area contributed by atoms with Crippen molar-refractivity contribution in [3.63, 3.8) is 0 Å². The van der Waals surface area contributed by atoms with Gasteiger partial charge in [0.2, 0.25) is 29.5 Å². The maximum Gasteiger partial charge on any atom is 0.325 e. The zero-order valence-corrected chi connectivity index (χ0v) is 30.9. The van der Waals surface area contributed by atoms with E-state index >= 15 is 0 Å². The number of unbranched alkanes of at least 4 members (excludes halogenated alkanes) is 1. The summed E-state index contributed by atoms with van der Waals surface area (Å²) in [5, 5.41) is 29.4. The number of likely N-dealkylation sites (tertiary alicyclic amines) is 1. The fraction of sp³-hybridized carbons (Fsp3) is 0.629. The molecule has 0 spiro atoms. The molecule has 1 fully saturated rings. The Morgan fingerprint density at radius 1 is 0.906 bits per heavy atom. The largest absolute Gasteiger partial charge is 0.508 e. The van der Waals surface area contributed by atoms with Crippen molar-refractivity contribution in [3.05, 3.63) is 29.8 Å². The number of hydrogen-bond acceptors (Lipinski definition) is 10. The maximum absolute atomic E-state index is 13.9. The van der Waals surface area contributed by atoms with Crippen molar-refractivity contribution in [3.8, 4) is 5.75 Å². The number of aliphatic carboxylic acids is 1. The number of carbonyl (C=O) groups is 6. The molecule has 1 aliphatic heterocycles. The lowest BCUT2D eigenvalue weighted by molar-refractivity contribution is -0.142. The summed E-state index contributed by atoms with van der Waals surface area (Å²) in [5.41, 5.74) is 23.6. The Hall–Kier alpha value is -4.97. The van der Waals surface area contributed by atoms with Crippen LogP contribution < -0.4 is 44.2 Å². The van der Waals surface area contributed by atoms with E-state index in [0.29, 0.717) is 45.2 Å². The minimum Gasteiger partial charge on any atom is -0.508 e. The molecule has 1 saturated heterocycles. The molecule has 0 bridgehead atoms. The van der Waals surface area contributed by atoms with Crippen LogP contribution in [0.3, 0.4) is 0 Å². The van der Waals surface area contributed by atoms with E-state index in [1.54, 1.807) is 19.1 Å². The standard InChI is InChI=1S/C35H58N10O8/c1-4-20(2)28(32(50)41-21(3)34(52)53)44-30(48)26(10-7-17-40-35(38)39)42-29(47)25(9-5-6-16-36)43-31(49)27-11-8-18-45(27)33(51)24(37)19-22-12-14-23(46)15-13-22/h12-15,20-21,24-28,46H,4-11,16-19,36-37H2,1-3H3,(H,41,50)(H,42,47)(H,43,49)(H,44,48)(H,52,53)(H4,38,39,40)/t20-,21-,24-,25-,26-,27-,28-/m0/s1. The quantitative estimate of drug-likeness (QED) is 0.0369. The van der Waals surface area contributed by atoms with Crippen molar-refractivity contribution in [2.75, 3.05) is 19.6 Å². The van der Waals surface area contributed by atoms with E-state index in [1.165, 1.54) is 24.0 Å². The highest BCUT2D eigenvalue weighted by atomic mass is 16.4. The third kappa shape index (κ3) is 14.5. The van der Waals surface area contributed by atoms with Crippen LogP contribution in [0.5, 0.6) is 5.75 Å². The molecule has 5 amide bonds. The number of guanidine groups is 1. The molecule has 0 unspecified atom stereocenters. The number of nitrogens with one attached hydrogen (secondary N) is 4. The van der Waals surface area contributed by atoms with Crippen LogP contribution in [0.25, 0.3) is 0 Å². The number of aliphatic imine (C=N–C) groups is 1. The van der Waals surface area contributed by atoms with Crippen molar-refractivity contribution in [1.29, 1.82) is 0 Å². The van der Waals surface area contributed by atoms with E-state index in [9.17, 15) is 39.0 Å². The van der Waals surface area contributed by atoms with Crippen LogP contribution in [0.15, 0.2) is 29.3 Å². The number of hydrogen-bond donors (Lipinski definition) is 10. The molecule has 0 aliphatic carbocycles. The number of carbonyl (C=O) groups excluding carboxylic acids is 5. The van der Waals surface area contributed by atoms with Gasteiger partial charge in [-0.05, 0) is 88.4 Å². The summed E-state index contributed by atoms with van der Waals surface area (Å²) in [4.78, 5) is 84.5. The van der Waals surface area contributed by atoms with Gasteiger partial charge in [0.1, 0.15) is 36.0 Å². The number of aromatic hydroxyl groups is 1. The lowest BCUT2D eigenvalue weighted by Crippen LogP contribution is -2.59. The summed E-state index contributed by atoms with van der Waals surface area (Å²) in [6, 6.07) is -0.114. The van der Waals surface area contributed by atoms with Gasteiger partial charge in [-0.2, -0.15) is 0 Å². The fourth-order valence-corrected chi connectivity index (χ4v) is 5.88. The summed E-state index contributed by atoms with van der Waals surface area (Å²) in [7, 11) is 0. The second kappa shape index (κ2) is 22.2. The first-order valence-corrected chi connectivity index (χ1v) is 18.1. The van der Waals surface area contributed by atoms with Gasteiger partial charge in [-0.15, -0.1) is 0 Å². The molecular weight excluding hydrogens is 688 g/mol. The molecule has 1 aromatic rings. The number of nitrogens with zero attached hydrogens (tertiary/aromatic N) is 2. The molecule has 1 aromatic carbocycles. The molecule has 296 valence electrons. The molecule has 7 atom stereocenters. The highest BCUT2D eigenvalue weighted by Gasteiger charge is 2.38. The smallest absolute Gasteiger partial charge is 0.325 e. The van der Waals surface area contributed by atoms with Gasteiger partial charge in [0.05, 0.1) is 6.04 Å². The van der Waals surface area contributed by atoms with Crippen molar-refractivity contribution in [2.45, 2.75) is 115 Å². The van der Waals surface area contributed by atoms with Gasteiger partial charge in [-0.3, -0.25) is 33.8 Å². The van der Waals surface area contributed by atoms with Gasteiger partial charge >= 0.3 is 5.97 Å². The first-order valence-electron chi connectivity index (χ1n) is 18.1. The van der Waals surface area contributed by atoms with E-state index in [1.807, 2.05) is 6.92 Å². The van der Waals surface area contributed by atoms with E-state index in [0.717, 1.165) is 5.56 Å². The van der Waals surface area contributed by atoms with Crippen LogP contribution in [0, 0.1) is 5.92 Å². The number of nitrogens with two attached hydrogens (primary N) is 4. The third-order valence-corrected chi connectivity index (χ3v) is 9.23. The molecule has 53 heavy (non-hydrogen) atoms. The topological polar surface area (TPSA) is 311 Å². The number of amides is 5. The molecule has 1 heterocycles. The van der Waals surface area contributed by atoms with E-state index in [2.05, 4.69) is 26.3 Å². The Morgan fingerprint density at radius 2 is 1.53 bits per heavy atom. The average molecular weight is 747 g/mol. The summed E-state index contributed by atoms with van der Waals surface area (Å²) >= 11 is 0. The summed E-state index contributed by atoms with van der Waals surface area (Å²) in [6.07, 6.45) is 3.11. The molecule has 0 saturated carbocycles. The normalized spacial score (nSPS) is 17.3. The van der Waals surface area contributed by atoms with Crippen molar-refractivity contribution >= 4 is 41.5 Å². The van der Waals surface area contributed by atoms with Crippen LogP contribution >= 0.6 is 0 Å². The second-order valence-electron chi connectivity index (χ2n) is 13.5. The molecule has 0 aromatic heterocycles. The summed E-state index contributed by atoms with van der Waals surface area (Å²) in [5.74, 6) is -4.74. The zero-order chi connectivity index (χ0) is 39.7. The molecule has 2 rings (SSSR count). The third-order valence-electron chi connectivity index (χ3n) is 9.23. The molecule has 14 N–H and O–H groups in total. The highest BCUT2D eigenvalue weighted by Crippen LogP contribution is 2.20. The molecule has 18 nitrogen and oxygen atoms in total. The number of carboxylic acids is 1. The van der Waals surface area contributed by atoms with Crippen LogP contribution in [-0.2, 0) is 35.2 Å². The molecule has 18 heteroatoms. The summed E-state index contributed by atoms with van der Waals surface area (Å²) < 4.78 is 0. The Bertz CT molecular complexity index is 1420. The number of benzene rings is 1. The number of carboxylic acid groups (broad SMARTS) is 1. The van der Waals surface area contributed by atoms with Gasteiger partial charge in [0.15, 0.2) is 5.96 Å². The van der Waals surface area contributed by atoms with Crippen molar-refractivity contribution in [2.24, 2.45) is 33.8 Å². The minimum atomic E-state index is -1.25. The Morgan fingerprint density at radius 3 is 2.13 bits per heavy atom. The summed E-state index contributed by atoms with van der Waals surface area (Å²) in [6.45, 7) is 5.63. The lowest BCUT2D eigenvalue weighted by Gasteiger charge is -2.30. The number of phenols is 1. The lowest BCUT2D eigenvalue weighted by atomic mass is 9.97. The molecular formula is C35H58N10O8. The SMILES string of the molecule is CC[C@H](C)[C@H](NC(=O)[C@H](CCCN=C(N)N)NC(=O)[C@H](CCCCN)NC(=O)[C@@H]1CCCN1C(=O)[C@@H](N)Cc1ccc(O)cc1)C(=O)N[C@@H](C)C(=O)O.